The van der Waals surface area contributed by atoms with E-state index in [9.17, 15) is 4.79 Å². The molecule has 1 aliphatic heterocycles. The Morgan fingerprint density at radius 2 is 1.92 bits per heavy atom. The van der Waals surface area contributed by atoms with Crippen LogP contribution in [0.1, 0.15) is 88.8 Å². The summed E-state index contributed by atoms with van der Waals surface area (Å²) in [6, 6.07) is 5.59. The number of nitrogens with zero attached hydrogens (tertiary/aromatic N) is 3. The second kappa shape index (κ2) is 9.93. The fourth-order valence-corrected chi connectivity index (χ4v) is 6.01. The van der Waals surface area contributed by atoms with Gasteiger partial charge >= 0.3 is 5.97 Å². The summed E-state index contributed by atoms with van der Waals surface area (Å²) in [5.41, 5.74) is 7.61. The third kappa shape index (κ3) is 4.95. The molecule has 8 nitrogen and oxygen atoms in total. The zero-order chi connectivity index (χ0) is 28.2. The molecule has 0 saturated heterocycles. The number of cyclic esters (lactones) is 1. The average molecular weight is 550 g/mol. The van der Waals surface area contributed by atoms with Crippen molar-refractivity contribution in [2.45, 2.75) is 95.1 Å². The number of nitrogens with two attached hydrogens (primary N) is 1. The molecule has 0 aromatic carbocycles. The molecule has 3 aromatic heterocycles. The second-order valence-corrected chi connectivity index (χ2v) is 13.0. The van der Waals surface area contributed by atoms with Crippen molar-refractivity contribution in [2.24, 2.45) is 5.73 Å². The quantitative estimate of drug-likeness (QED) is 0.299. The molecule has 3 aromatic rings. The average Bonchev–Trinajstić information content (AvgIpc) is 3.70. The van der Waals surface area contributed by atoms with Crippen LogP contribution >= 0.6 is 11.8 Å². The van der Waals surface area contributed by atoms with E-state index >= 15 is 0 Å². The first-order valence-corrected chi connectivity index (χ1v) is 15.0. The number of ether oxygens (including phenoxy) is 2. The van der Waals surface area contributed by atoms with Gasteiger partial charge in [0, 0.05) is 23.2 Å². The van der Waals surface area contributed by atoms with Gasteiger partial charge in [-0.25, -0.2) is 19.7 Å². The number of fused-ring (bicyclic) bond motifs is 3. The van der Waals surface area contributed by atoms with E-state index in [1.807, 2.05) is 44.8 Å². The molecule has 3 N–H and O–H groups in total. The van der Waals surface area contributed by atoms with Gasteiger partial charge in [-0.3, -0.25) is 0 Å². The highest BCUT2D eigenvalue weighted by Gasteiger charge is 2.63. The number of thioether (sulfide) groups is 1. The smallest absolute Gasteiger partial charge is 0.340 e. The van der Waals surface area contributed by atoms with Gasteiger partial charge in [-0.1, -0.05) is 13.8 Å². The van der Waals surface area contributed by atoms with Crippen LogP contribution in [0.25, 0.3) is 10.8 Å². The summed E-state index contributed by atoms with van der Waals surface area (Å²) in [6.45, 7) is 12.3. The first kappa shape index (κ1) is 27.6. The molecule has 1 fully saturated rings. The van der Waals surface area contributed by atoms with E-state index < -0.39 is 11.1 Å². The van der Waals surface area contributed by atoms with Gasteiger partial charge in [0.1, 0.15) is 17.2 Å². The molecule has 1 saturated carbocycles. The Morgan fingerprint density at radius 3 is 2.59 bits per heavy atom. The molecule has 208 valence electrons. The number of hydrogen-bond acceptors (Lipinski definition) is 9. The third-order valence-electron chi connectivity index (χ3n) is 8.54. The number of aromatic nitrogens is 3. The highest BCUT2D eigenvalue weighted by Crippen LogP contribution is 2.59. The topological polar surface area (TPSA) is 112 Å². The fraction of sp³-hybridized carbons (Fsp3) is 0.533. The third-order valence-corrected chi connectivity index (χ3v) is 9.54. The molecular formula is C30H39N5O3S. The van der Waals surface area contributed by atoms with Crippen LogP contribution in [0.4, 0.5) is 11.6 Å². The highest BCUT2D eigenvalue weighted by atomic mass is 32.2. The number of nitrogens with one attached hydrogen (secondary N) is 1. The molecule has 4 heterocycles. The molecule has 0 bridgehead atoms. The summed E-state index contributed by atoms with van der Waals surface area (Å²) >= 11 is 1.82. The largest absolute Gasteiger partial charge is 0.474 e. The number of hydrogen-bond donors (Lipinski definition) is 2. The Hall–Kier alpha value is -2.91. The SMILES string of the molecule is CC[C@@](C)(N)c1cnc(O[C@H](C)C[C@@H](C)SC)c2cnc(Nc3ccc4c(n3)C3(CC3)C(C)(C)OC4=O)cc12. The first-order valence-electron chi connectivity index (χ1n) is 13.7. The van der Waals surface area contributed by atoms with Gasteiger partial charge in [0.2, 0.25) is 5.88 Å². The second-order valence-electron chi connectivity index (χ2n) is 11.8. The van der Waals surface area contributed by atoms with Gasteiger partial charge in [0.15, 0.2) is 0 Å². The molecule has 5 rings (SSSR count). The zero-order valence-corrected chi connectivity index (χ0v) is 24.7. The molecule has 0 radical (unpaired) electrons. The van der Waals surface area contributed by atoms with Crippen molar-refractivity contribution < 1.29 is 14.3 Å². The van der Waals surface area contributed by atoms with Crippen molar-refractivity contribution in [1.29, 1.82) is 0 Å². The monoisotopic (exact) mass is 549 g/mol. The van der Waals surface area contributed by atoms with E-state index in [-0.39, 0.29) is 17.5 Å². The van der Waals surface area contributed by atoms with E-state index in [1.165, 1.54) is 0 Å². The van der Waals surface area contributed by atoms with Gasteiger partial charge in [-0.15, -0.1) is 0 Å². The van der Waals surface area contributed by atoms with Crippen molar-refractivity contribution >= 4 is 40.1 Å². The Kier molecular flexibility index (Phi) is 7.04. The van der Waals surface area contributed by atoms with Crippen LogP contribution in [0.2, 0.25) is 0 Å². The summed E-state index contributed by atoms with van der Waals surface area (Å²) in [7, 11) is 0. The Bertz CT molecular complexity index is 1420. The van der Waals surface area contributed by atoms with Crippen LogP contribution in [0.3, 0.4) is 0 Å². The maximum atomic E-state index is 12.7. The molecular weight excluding hydrogens is 510 g/mol. The summed E-state index contributed by atoms with van der Waals surface area (Å²) in [4.78, 5) is 26.9. The molecule has 0 amide bonds. The minimum Gasteiger partial charge on any atom is -0.474 e. The molecule has 2 aliphatic rings. The first-order chi connectivity index (χ1) is 18.4. The van der Waals surface area contributed by atoms with E-state index in [2.05, 4.69) is 37.3 Å². The number of carbonyl (C=O) groups is 1. The minimum atomic E-state index is -0.585. The Balaban J connectivity index is 1.52. The van der Waals surface area contributed by atoms with Crippen LogP contribution < -0.4 is 15.8 Å². The normalized spacial score (nSPS) is 20.1. The molecule has 3 atom stereocenters. The predicted octanol–water partition coefficient (Wildman–Crippen LogP) is 6.24. The fourth-order valence-electron chi connectivity index (χ4n) is 5.54. The van der Waals surface area contributed by atoms with E-state index in [0.29, 0.717) is 28.3 Å². The molecule has 1 spiro atoms. The summed E-state index contributed by atoms with van der Waals surface area (Å²) in [5, 5.41) is 5.62. The molecule has 0 unspecified atom stereocenters. The lowest BCUT2D eigenvalue weighted by Gasteiger charge is -2.39. The van der Waals surface area contributed by atoms with Gasteiger partial charge in [0.05, 0.1) is 28.2 Å². The zero-order valence-electron chi connectivity index (χ0n) is 23.9. The van der Waals surface area contributed by atoms with E-state index in [0.717, 1.165) is 47.7 Å². The molecule has 1 aliphatic carbocycles. The van der Waals surface area contributed by atoms with Crippen molar-refractivity contribution in [3.05, 3.63) is 47.4 Å². The lowest BCUT2D eigenvalue weighted by molar-refractivity contribution is -0.0285. The predicted molar refractivity (Wildman–Crippen MR) is 157 cm³/mol. The molecule has 39 heavy (non-hydrogen) atoms. The van der Waals surface area contributed by atoms with Gasteiger partial charge in [-0.2, -0.15) is 11.8 Å². The van der Waals surface area contributed by atoms with Gasteiger partial charge in [0.25, 0.3) is 0 Å². The van der Waals surface area contributed by atoms with E-state index in [1.54, 1.807) is 18.3 Å². The number of anilines is 2. The number of carbonyl (C=O) groups excluding carboxylic acids is 1. The number of pyridine rings is 3. The van der Waals surface area contributed by atoms with Gasteiger partial charge in [-0.05, 0) is 88.8 Å². The van der Waals surface area contributed by atoms with Crippen molar-refractivity contribution in [2.75, 3.05) is 11.6 Å². The Labute approximate surface area is 234 Å². The summed E-state index contributed by atoms with van der Waals surface area (Å²) < 4.78 is 12.1. The molecule has 9 heteroatoms. The Morgan fingerprint density at radius 1 is 1.18 bits per heavy atom. The highest BCUT2D eigenvalue weighted by molar-refractivity contribution is 7.99. The van der Waals surface area contributed by atoms with Crippen LogP contribution in [0.5, 0.6) is 5.88 Å². The lowest BCUT2D eigenvalue weighted by Crippen LogP contribution is -2.46. The van der Waals surface area contributed by atoms with Crippen molar-refractivity contribution in [3.63, 3.8) is 0 Å². The van der Waals surface area contributed by atoms with Crippen molar-refractivity contribution in [3.8, 4) is 5.88 Å². The van der Waals surface area contributed by atoms with Crippen LogP contribution in [-0.2, 0) is 15.7 Å². The number of esters is 1. The van der Waals surface area contributed by atoms with Gasteiger partial charge < -0.3 is 20.5 Å². The maximum Gasteiger partial charge on any atom is 0.340 e. The van der Waals surface area contributed by atoms with Crippen LogP contribution in [0, 0.1) is 0 Å². The van der Waals surface area contributed by atoms with Crippen molar-refractivity contribution in [1.82, 2.24) is 15.0 Å². The van der Waals surface area contributed by atoms with E-state index in [4.69, 9.17) is 25.2 Å². The standard InChI is InChI=1S/C30H39N5O3S/c1-8-29(6,31)22-16-33-26(37-17(2)13-18(3)39-7)21-15-32-24(14-20(21)22)34-23-10-9-19-25(35-23)30(11-12-30)28(4,5)38-27(19)36/h9-10,14-18H,8,11-13,31H2,1-7H3,(H,32,34,35)/t17-,18-,29-/m1/s1. The maximum absolute atomic E-state index is 12.7. The minimum absolute atomic E-state index is 0.00705. The summed E-state index contributed by atoms with van der Waals surface area (Å²) in [5.74, 6) is 1.51. The lowest BCUT2D eigenvalue weighted by atomic mass is 9.80. The number of rotatable bonds is 9. The van der Waals surface area contributed by atoms with Crippen LogP contribution in [-0.4, -0.2) is 44.1 Å². The summed E-state index contributed by atoms with van der Waals surface area (Å²) in [6.07, 6.45) is 9.30. The van der Waals surface area contributed by atoms with Crippen LogP contribution in [0.15, 0.2) is 30.6 Å².